The molecule has 1 saturated heterocycles. The van der Waals surface area contributed by atoms with Crippen LogP contribution < -0.4 is 14.4 Å². The molecule has 1 aromatic heterocycles. The van der Waals surface area contributed by atoms with Gasteiger partial charge in [0.05, 0.1) is 4.88 Å². The third-order valence-electron chi connectivity index (χ3n) is 5.33. The first-order valence-electron chi connectivity index (χ1n) is 9.87. The predicted molar refractivity (Wildman–Crippen MR) is 115 cm³/mol. The zero-order chi connectivity index (χ0) is 19.6. The maximum Gasteiger partial charge on any atom is 0.264 e. The quantitative estimate of drug-likeness (QED) is 0.655. The summed E-state index contributed by atoms with van der Waals surface area (Å²) in [5, 5.41) is 0. The number of anilines is 1. The molecule has 0 atom stereocenters. The SMILES string of the molecule is O=C(c1ccc(-c2ccc3c(c2)OCCO3)s1)N1CCN(c2ccccc2)CC1. The van der Waals surface area contributed by atoms with E-state index in [1.165, 1.54) is 17.0 Å². The summed E-state index contributed by atoms with van der Waals surface area (Å²) >= 11 is 1.53. The van der Waals surface area contributed by atoms with Gasteiger partial charge in [-0.05, 0) is 48.0 Å². The first-order valence-corrected chi connectivity index (χ1v) is 10.7. The number of amides is 1. The van der Waals surface area contributed by atoms with E-state index in [1.54, 1.807) is 0 Å². The molecule has 2 aliphatic heterocycles. The first-order chi connectivity index (χ1) is 14.3. The number of ether oxygens (including phenoxy) is 2. The largest absolute Gasteiger partial charge is 0.486 e. The Labute approximate surface area is 174 Å². The van der Waals surface area contributed by atoms with Crippen molar-refractivity contribution in [2.75, 3.05) is 44.3 Å². The summed E-state index contributed by atoms with van der Waals surface area (Å²) in [7, 11) is 0. The molecule has 0 N–H and O–H groups in total. The van der Waals surface area contributed by atoms with Gasteiger partial charge in [0.25, 0.3) is 5.91 Å². The van der Waals surface area contributed by atoms with E-state index < -0.39 is 0 Å². The Kier molecular flexibility index (Phi) is 4.86. The fourth-order valence-electron chi connectivity index (χ4n) is 3.77. The summed E-state index contributed by atoms with van der Waals surface area (Å²) in [5.41, 5.74) is 2.27. The fourth-order valence-corrected chi connectivity index (χ4v) is 4.74. The average molecular weight is 407 g/mol. The molecule has 5 nitrogen and oxygen atoms in total. The molecule has 29 heavy (non-hydrogen) atoms. The average Bonchev–Trinajstić information content (AvgIpc) is 3.29. The predicted octanol–water partition coefficient (Wildman–Crippen LogP) is 4.15. The van der Waals surface area contributed by atoms with Crippen LogP contribution in [-0.2, 0) is 0 Å². The van der Waals surface area contributed by atoms with Crippen LogP contribution in [-0.4, -0.2) is 50.2 Å². The van der Waals surface area contributed by atoms with Crippen LogP contribution in [0.1, 0.15) is 9.67 Å². The van der Waals surface area contributed by atoms with E-state index in [-0.39, 0.29) is 5.91 Å². The molecular formula is C23H22N2O3S. The molecule has 0 unspecified atom stereocenters. The van der Waals surface area contributed by atoms with E-state index in [0.29, 0.717) is 13.2 Å². The molecular weight excluding hydrogens is 384 g/mol. The number of thiophene rings is 1. The molecule has 148 valence electrons. The minimum atomic E-state index is 0.117. The minimum absolute atomic E-state index is 0.117. The van der Waals surface area contributed by atoms with E-state index >= 15 is 0 Å². The molecule has 0 bridgehead atoms. The second-order valence-electron chi connectivity index (χ2n) is 7.14. The lowest BCUT2D eigenvalue weighted by molar-refractivity contribution is 0.0751. The normalized spacial score (nSPS) is 16.0. The van der Waals surface area contributed by atoms with Gasteiger partial charge in [-0.3, -0.25) is 4.79 Å². The van der Waals surface area contributed by atoms with Crippen molar-refractivity contribution >= 4 is 22.9 Å². The van der Waals surface area contributed by atoms with E-state index in [4.69, 9.17) is 9.47 Å². The van der Waals surface area contributed by atoms with Crippen LogP contribution in [0.2, 0.25) is 0 Å². The van der Waals surface area contributed by atoms with E-state index in [0.717, 1.165) is 53.0 Å². The molecule has 0 radical (unpaired) electrons. The van der Waals surface area contributed by atoms with E-state index in [9.17, 15) is 4.79 Å². The second kappa shape index (κ2) is 7.79. The van der Waals surface area contributed by atoms with E-state index in [2.05, 4.69) is 29.2 Å². The highest BCUT2D eigenvalue weighted by molar-refractivity contribution is 7.17. The molecule has 2 aromatic carbocycles. The number of benzene rings is 2. The standard InChI is InChI=1S/C23H22N2O3S/c26-23(25-12-10-24(11-13-25)18-4-2-1-3-5-18)22-9-8-21(29-22)17-6-7-19-20(16-17)28-15-14-27-19/h1-9,16H,10-15H2. The van der Waals surface area contributed by atoms with Crippen LogP contribution in [0.5, 0.6) is 11.5 Å². The van der Waals surface area contributed by atoms with Gasteiger partial charge >= 0.3 is 0 Å². The van der Waals surface area contributed by atoms with Gasteiger partial charge in [-0.15, -0.1) is 11.3 Å². The molecule has 3 aromatic rings. The van der Waals surface area contributed by atoms with Crippen molar-refractivity contribution in [3.05, 3.63) is 65.5 Å². The number of hydrogen-bond donors (Lipinski definition) is 0. The van der Waals surface area contributed by atoms with Crippen molar-refractivity contribution in [1.29, 1.82) is 0 Å². The lowest BCUT2D eigenvalue weighted by Gasteiger charge is -2.36. The summed E-state index contributed by atoms with van der Waals surface area (Å²) in [6.07, 6.45) is 0. The summed E-state index contributed by atoms with van der Waals surface area (Å²) < 4.78 is 11.3. The second-order valence-corrected chi connectivity index (χ2v) is 8.22. The molecule has 1 fully saturated rings. The van der Waals surface area contributed by atoms with Gasteiger partial charge in [-0.2, -0.15) is 0 Å². The molecule has 0 saturated carbocycles. The Hall–Kier alpha value is -2.99. The topological polar surface area (TPSA) is 42.0 Å². The van der Waals surface area contributed by atoms with Gasteiger partial charge in [0.1, 0.15) is 13.2 Å². The summed E-state index contributed by atoms with van der Waals surface area (Å²) in [4.78, 5) is 19.1. The number of hydrogen-bond acceptors (Lipinski definition) is 5. The summed E-state index contributed by atoms with van der Waals surface area (Å²) in [5.74, 6) is 1.67. The summed E-state index contributed by atoms with van der Waals surface area (Å²) in [6, 6.07) is 20.3. The van der Waals surface area contributed by atoms with Gasteiger partial charge in [0, 0.05) is 36.7 Å². The number of carbonyl (C=O) groups is 1. The van der Waals surface area contributed by atoms with Gasteiger partial charge in [0.2, 0.25) is 0 Å². The highest BCUT2D eigenvalue weighted by Crippen LogP contribution is 2.37. The number of carbonyl (C=O) groups excluding carboxylic acids is 1. The van der Waals surface area contributed by atoms with Crippen LogP contribution in [0.3, 0.4) is 0 Å². The minimum Gasteiger partial charge on any atom is -0.486 e. The van der Waals surface area contributed by atoms with Gasteiger partial charge in [0.15, 0.2) is 11.5 Å². The van der Waals surface area contributed by atoms with Crippen molar-refractivity contribution in [3.8, 4) is 21.9 Å². The number of rotatable bonds is 3. The van der Waals surface area contributed by atoms with Crippen molar-refractivity contribution in [2.45, 2.75) is 0 Å². The molecule has 0 spiro atoms. The van der Waals surface area contributed by atoms with Crippen molar-refractivity contribution in [3.63, 3.8) is 0 Å². The van der Waals surface area contributed by atoms with Gasteiger partial charge in [-0.1, -0.05) is 18.2 Å². The maximum absolute atomic E-state index is 13.0. The first kappa shape index (κ1) is 18.1. The number of nitrogens with zero attached hydrogens (tertiary/aromatic N) is 2. The Morgan fingerprint density at radius 2 is 1.59 bits per heavy atom. The third-order valence-corrected chi connectivity index (χ3v) is 6.45. The zero-order valence-corrected chi connectivity index (χ0v) is 16.9. The van der Waals surface area contributed by atoms with Crippen LogP contribution in [0.4, 0.5) is 5.69 Å². The molecule has 3 heterocycles. The van der Waals surface area contributed by atoms with Gasteiger partial charge < -0.3 is 19.3 Å². The molecule has 1 amide bonds. The Morgan fingerprint density at radius 3 is 2.38 bits per heavy atom. The Morgan fingerprint density at radius 1 is 0.828 bits per heavy atom. The van der Waals surface area contributed by atoms with Crippen LogP contribution in [0, 0.1) is 0 Å². The Balaban J connectivity index is 1.27. The maximum atomic E-state index is 13.0. The fraction of sp³-hybridized carbons (Fsp3) is 0.261. The highest BCUT2D eigenvalue weighted by atomic mass is 32.1. The van der Waals surface area contributed by atoms with E-state index in [1.807, 2.05) is 41.3 Å². The van der Waals surface area contributed by atoms with Gasteiger partial charge in [-0.25, -0.2) is 0 Å². The number of para-hydroxylation sites is 1. The lowest BCUT2D eigenvalue weighted by Crippen LogP contribution is -2.48. The van der Waals surface area contributed by atoms with Crippen molar-refractivity contribution < 1.29 is 14.3 Å². The Bertz CT molecular complexity index is 1010. The smallest absolute Gasteiger partial charge is 0.264 e. The third kappa shape index (κ3) is 3.68. The highest BCUT2D eigenvalue weighted by Gasteiger charge is 2.23. The van der Waals surface area contributed by atoms with Crippen molar-refractivity contribution in [2.24, 2.45) is 0 Å². The van der Waals surface area contributed by atoms with Crippen LogP contribution >= 0.6 is 11.3 Å². The van der Waals surface area contributed by atoms with Crippen molar-refractivity contribution in [1.82, 2.24) is 4.90 Å². The summed E-state index contributed by atoms with van der Waals surface area (Å²) in [6.45, 7) is 4.35. The lowest BCUT2D eigenvalue weighted by atomic mass is 10.1. The monoisotopic (exact) mass is 406 g/mol. The molecule has 2 aliphatic rings. The zero-order valence-electron chi connectivity index (χ0n) is 16.0. The van der Waals surface area contributed by atoms with Crippen LogP contribution in [0.15, 0.2) is 60.7 Å². The number of fused-ring (bicyclic) bond motifs is 1. The molecule has 6 heteroatoms. The molecule has 0 aliphatic carbocycles. The van der Waals surface area contributed by atoms with Crippen LogP contribution in [0.25, 0.3) is 10.4 Å². The number of piperazine rings is 1. The molecule has 5 rings (SSSR count).